The van der Waals surface area contributed by atoms with Gasteiger partial charge >= 0.3 is 0 Å². The second-order valence-electron chi connectivity index (χ2n) is 4.29. The summed E-state index contributed by atoms with van der Waals surface area (Å²) in [6, 6.07) is 7.39. The number of rotatable bonds is 3. The molecule has 1 heterocycles. The van der Waals surface area contributed by atoms with Crippen LogP contribution >= 0.6 is 22.9 Å². The fourth-order valence-electron chi connectivity index (χ4n) is 1.57. The molecule has 3 nitrogen and oxygen atoms in total. The van der Waals surface area contributed by atoms with E-state index in [1.54, 1.807) is 26.2 Å². The van der Waals surface area contributed by atoms with Crippen LogP contribution in [0.3, 0.4) is 0 Å². The Kier molecular flexibility index (Phi) is 4.27. The number of hydrogen-bond donors (Lipinski definition) is 0. The maximum absolute atomic E-state index is 11.8. The highest BCUT2D eigenvalue weighted by Gasteiger charge is 2.20. The van der Waals surface area contributed by atoms with Crippen LogP contribution in [0.1, 0.15) is 10.8 Å². The first-order valence-corrected chi connectivity index (χ1v) is 6.93. The van der Waals surface area contributed by atoms with E-state index in [1.807, 2.05) is 17.5 Å². The Morgan fingerprint density at radius 3 is 2.58 bits per heavy atom. The summed E-state index contributed by atoms with van der Waals surface area (Å²) < 4.78 is 0. The third kappa shape index (κ3) is 3.17. The molecular weight excluding hydrogens is 278 g/mol. The van der Waals surface area contributed by atoms with E-state index in [-0.39, 0.29) is 5.91 Å². The molecule has 19 heavy (non-hydrogen) atoms. The molecule has 1 amide bonds. The summed E-state index contributed by atoms with van der Waals surface area (Å²) in [5.74, 6) is -0.863. The number of thiazole rings is 1. The van der Waals surface area contributed by atoms with Crippen LogP contribution in [0.5, 0.6) is 0 Å². The predicted molar refractivity (Wildman–Crippen MR) is 79.7 cm³/mol. The number of halogens is 1. The van der Waals surface area contributed by atoms with Gasteiger partial charge in [-0.1, -0.05) is 23.7 Å². The highest BCUT2D eigenvalue weighted by Crippen LogP contribution is 2.26. The molecule has 0 bridgehead atoms. The van der Waals surface area contributed by atoms with Crippen molar-refractivity contribution in [3.8, 4) is 11.3 Å². The molecule has 96 valence electrons. The maximum Gasteiger partial charge on any atom is 0.223 e. The van der Waals surface area contributed by atoms with Gasteiger partial charge in [-0.2, -0.15) is 0 Å². The molecule has 2 aromatic rings. The van der Waals surface area contributed by atoms with Crippen molar-refractivity contribution in [2.45, 2.75) is 5.82 Å². The van der Waals surface area contributed by atoms with Crippen molar-refractivity contribution in [3.05, 3.63) is 39.7 Å². The molecule has 1 aromatic carbocycles. The normalized spacial score (nSPS) is 12.2. The summed E-state index contributed by atoms with van der Waals surface area (Å²) in [5, 5.41) is 3.18. The van der Waals surface area contributed by atoms with Crippen LogP contribution in [0, 0.1) is 0 Å². The summed E-state index contributed by atoms with van der Waals surface area (Å²) in [6.07, 6.45) is 0. The number of likely N-dealkylation sites (N-methyl/N-ethyl adjacent to an activating group) is 1. The molecule has 2 radical (unpaired) electrons. The van der Waals surface area contributed by atoms with Gasteiger partial charge in [0.2, 0.25) is 5.91 Å². The predicted octanol–water partition coefficient (Wildman–Crippen LogP) is 2.76. The molecule has 1 aromatic heterocycles. The fraction of sp³-hybridized carbons (Fsp3) is 0.231. The van der Waals surface area contributed by atoms with E-state index in [0.29, 0.717) is 10.0 Å². The number of carbonyl (C=O) groups is 1. The van der Waals surface area contributed by atoms with E-state index in [0.717, 1.165) is 11.3 Å². The monoisotopic (exact) mass is 290 g/mol. The van der Waals surface area contributed by atoms with Crippen LogP contribution in [0.4, 0.5) is 0 Å². The standard InChI is InChI=1S/C13H12BClN2OS/c1-17(2)13(18)11(14)12-16-10(7-19-12)8-3-5-9(15)6-4-8/h3-7,11H,1-2H3. The number of nitrogens with zero attached hydrogens (tertiary/aromatic N) is 2. The molecule has 6 heteroatoms. The van der Waals surface area contributed by atoms with Crippen LogP contribution < -0.4 is 0 Å². The SMILES string of the molecule is [B]C(C(=O)N(C)C)c1nc(-c2ccc(Cl)cc2)cs1. The minimum atomic E-state index is -0.707. The lowest BCUT2D eigenvalue weighted by molar-refractivity contribution is -0.128. The summed E-state index contributed by atoms with van der Waals surface area (Å²) in [7, 11) is 9.24. The average molecular weight is 291 g/mol. The van der Waals surface area contributed by atoms with E-state index in [1.165, 1.54) is 16.2 Å². The third-order valence-corrected chi connectivity index (χ3v) is 3.81. The zero-order chi connectivity index (χ0) is 14.0. The Labute approximate surface area is 122 Å². The Balaban J connectivity index is 2.24. The number of carbonyl (C=O) groups excluding carboxylic acids is 1. The van der Waals surface area contributed by atoms with Crippen molar-refractivity contribution < 1.29 is 4.79 Å². The Morgan fingerprint density at radius 2 is 2.00 bits per heavy atom. The number of aromatic nitrogens is 1. The van der Waals surface area contributed by atoms with Crippen molar-refractivity contribution in [2.24, 2.45) is 0 Å². The maximum atomic E-state index is 11.8. The second-order valence-corrected chi connectivity index (χ2v) is 5.61. The van der Waals surface area contributed by atoms with E-state index < -0.39 is 5.82 Å². The van der Waals surface area contributed by atoms with Crippen LogP contribution in [-0.2, 0) is 4.79 Å². The van der Waals surface area contributed by atoms with Gasteiger partial charge in [-0.05, 0) is 12.1 Å². The molecular formula is C13H12BClN2OS. The number of benzene rings is 1. The van der Waals surface area contributed by atoms with Gasteiger partial charge in [0.15, 0.2) is 0 Å². The number of amides is 1. The van der Waals surface area contributed by atoms with Crippen molar-refractivity contribution in [1.82, 2.24) is 9.88 Å². The third-order valence-electron chi connectivity index (χ3n) is 2.63. The van der Waals surface area contributed by atoms with Crippen LogP contribution in [0.25, 0.3) is 11.3 Å². The van der Waals surface area contributed by atoms with Crippen molar-refractivity contribution in [3.63, 3.8) is 0 Å². The van der Waals surface area contributed by atoms with E-state index in [4.69, 9.17) is 19.4 Å². The Hall–Kier alpha value is -1.33. The zero-order valence-electron chi connectivity index (χ0n) is 10.6. The molecule has 1 unspecified atom stereocenters. The molecule has 0 aliphatic carbocycles. The van der Waals surface area contributed by atoms with Gasteiger partial charge in [-0.3, -0.25) is 4.79 Å². The van der Waals surface area contributed by atoms with E-state index in [9.17, 15) is 4.79 Å². The van der Waals surface area contributed by atoms with E-state index in [2.05, 4.69) is 4.98 Å². The first kappa shape index (κ1) is 14.1. The highest BCUT2D eigenvalue weighted by molar-refractivity contribution is 7.10. The number of hydrogen-bond acceptors (Lipinski definition) is 3. The van der Waals surface area contributed by atoms with Gasteiger partial charge in [-0.15, -0.1) is 11.3 Å². The molecule has 0 aliphatic heterocycles. The van der Waals surface area contributed by atoms with E-state index >= 15 is 0 Å². The molecule has 0 N–H and O–H groups in total. The summed E-state index contributed by atoms with van der Waals surface area (Å²) in [5.41, 5.74) is 1.76. The molecule has 2 rings (SSSR count). The molecule has 1 atom stereocenters. The summed E-state index contributed by atoms with van der Waals surface area (Å²) in [4.78, 5) is 17.7. The lowest BCUT2D eigenvalue weighted by Crippen LogP contribution is -2.28. The average Bonchev–Trinajstić information content (AvgIpc) is 2.87. The molecule has 0 saturated heterocycles. The van der Waals surface area contributed by atoms with Gasteiger partial charge in [0.25, 0.3) is 0 Å². The van der Waals surface area contributed by atoms with Gasteiger partial charge in [0.05, 0.1) is 24.4 Å². The van der Waals surface area contributed by atoms with Crippen LogP contribution in [0.15, 0.2) is 29.6 Å². The van der Waals surface area contributed by atoms with Gasteiger partial charge in [0, 0.05) is 30.1 Å². The molecule has 0 fully saturated rings. The Morgan fingerprint density at radius 1 is 1.37 bits per heavy atom. The van der Waals surface area contributed by atoms with Crippen LogP contribution in [-0.4, -0.2) is 37.7 Å². The first-order chi connectivity index (χ1) is 8.99. The second kappa shape index (κ2) is 5.76. The summed E-state index contributed by atoms with van der Waals surface area (Å²) in [6.45, 7) is 0. The largest absolute Gasteiger partial charge is 0.349 e. The molecule has 0 spiro atoms. The van der Waals surface area contributed by atoms with Gasteiger partial charge < -0.3 is 4.90 Å². The highest BCUT2D eigenvalue weighted by atomic mass is 35.5. The topological polar surface area (TPSA) is 33.2 Å². The fourth-order valence-corrected chi connectivity index (χ4v) is 2.51. The minimum Gasteiger partial charge on any atom is -0.349 e. The smallest absolute Gasteiger partial charge is 0.223 e. The quantitative estimate of drug-likeness (QED) is 0.814. The molecule has 0 saturated carbocycles. The van der Waals surface area contributed by atoms with Crippen molar-refractivity contribution in [2.75, 3.05) is 14.1 Å². The molecule has 0 aliphatic rings. The Bertz CT molecular complexity index is 583. The summed E-state index contributed by atoms with van der Waals surface area (Å²) >= 11 is 7.23. The van der Waals surface area contributed by atoms with Crippen molar-refractivity contribution >= 4 is 36.7 Å². The van der Waals surface area contributed by atoms with Gasteiger partial charge in [-0.25, -0.2) is 4.98 Å². The lowest BCUT2D eigenvalue weighted by Gasteiger charge is -2.14. The van der Waals surface area contributed by atoms with Gasteiger partial charge in [0.1, 0.15) is 0 Å². The zero-order valence-corrected chi connectivity index (χ0v) is 12.2. The lowest BCUT2D eigenvalue weighted by atomic mass is 9.87. The first-order valence-electron chi connectivity index (χ1n) is 5.67. The minimum absolute atomic E-state index is 0.156. The van der Waals surface area contributed by atoms with Crippen molar-refractivity contribution in [1.29, 1.82) is 0 Å². The van der Waals surface area contributed by atoms with Crippen LogP contribution in [0.2, 0.25) is 5.02 Å².